The molecular weight excluding hydrogens is 436 g/mol. The smallest absolute Gasteiger partial charge is 0.281 e. The van der Waals surface area contributed by atoms with Crippen LogP contribution in [-0.4, -0.2) is 26.0 Å². The number of sulfonamides is 1. The molecule has 0 spiro atoms. The maximum atomic E-state index is 13.3. The molecule has 33 heavy (non-hydrogen) atoms. The molecule has 4 aromatic rings. The molecule has 0 bridgehead atoms. The van der Waals surface area contributed by atoms with Crippen molar-refractivity contribution in [1.29, 1.82) is 0 Å². The van der Waals surface area contributed by atoms with Gasteiger partial charge in [-0.1, -0.05) is 42.0 Å². The van der Waals surface area contributed by atoms with Gasteiger partial charge in [-0.05, 0) is 67.8 Å². The molecule has 7 heteroatoms. The Kier molecular flexibility index (Phi) is 5.99. The number of ether oxygens (including phenoxy) is 1. The highest BCUT2D eigenvalue weighted by Crippen LogP contribution is 2.31. The van der Waals surface area contributed by atoms with Crippen molar-refractivity contribution in [3.8, 4) is 5.75 Å². The van der Waals surface area contributed by atoms with Crippen molar-refractivity contribution in [3.05, 3.63) is 94.7 Å². The molecule has 4 rings (SSSR count). The van der Waals surface area contributed by atoms with Gasteiger partial charge in [-0.3, -0.25) is 4.79 Å². The van der Waals surface area contributed by atoms with Gasteiger partial charge in [0.1, 0.15) is 11.4 Å². The predicted molar refractivity (Wildman–Crippen MR) is 129 cm³/mol. The van der Waals surface area contributed by atoms with Crippen molar-refractivity contribution in [2.45, 2.75) is 32.2 Å². The quantitative estimate of drug-likeness (QED) is 0.449. The van der Waals surface area contributed by atoms with Gasteiger partial charge in [0.05, 0.1) is 17.5 Å². The van der Waals surface area contributed by atoms with Gasteiger partial charge < -0.3 is 9.30 Å². The summed E-state index contributed by atoms with van der Waals surface area (Å²) in [6.07, 6.45) is 0. The second-order valence-corrected chi connectivity index (χ2v) is 9.82. The maximum Gasteiger partial charge on any atom is 0.281 e. The molecule has 0 saturated heterocycles. The standard InChI is InChI=1S/C26H26N2O4S/c1-17-13-18(2)22(19(3)14-17)16-28-23-11-8-12-25(32-4)21(23)15-24(28)26(29)27-33(30,31)20-9-6-5-7-10-20/h5-15H,16H2,1-4H3,(H,27,29). The average molecular weight is 463 g/mol. The second kappa shape index (κ2) is 8.75. The van der Waals surface area contributed by atoms with Crippen LogP contribution in [0.4, 0.5) is 0 Å². The van der Waals surface area contributed by atoms with E-state index >= 15 is 0 Å². The summed E-state index contributed by atoms with van der Waals surface area (Å²) in [5.41, 5.74) is 5.51. The van der Waals surface area contributed by atoms with E-state index in [9.17, 15) is 13.2 Å². The largest absolute Gasteiger partial charge is 0.496 e. The summed E-state index contributed by atoms with van der Waals surface area (Å²) < 4.78 is 35.2. The number of rotatable bonds is 6. The number of aryl methyl sites for hydroxylation is 3. The molecule has 1 amide bonds. The lowest BCUT2D eigenvalue weighted by Gasteiger charge is -2.16. The van der Waals surface area contributed by atoms with E-state index < -0.39 is 15.9 Å². The van der Waals surface area contributed by atoms with Gasteiger partial charge >= 0.3 is 0 Å². The lowest BCUT2D eigenvalue weighted by molar-refractivity contribution is 0.0973. The van der Waals surface area contributed by atoms with Gasteiger partial charge in [0.25, 0.3) is 15.9 Å². The van der Waals surface area contributed by atoms with Crippen molar-refractivity contribution >= 4 is 26.8 Å². The number of carbonyl (C=O) groups excluding carboxylic acids is 1. The summed E-state index contributed by atoms with van der Waals surface area (Å²) in [6, 6.07) is 19.3. The lowest BCUT2D eigenvalue weighted by Crippen LogP contribution is -2.32. The molecule has 0 radical (unpaired) electrons. The lowest BCUT2D eigenvalue weighted by atomic mass is 9.99. The molecule has 3 aromatic carbocycles. The zero-order valence-electron chi connectivity index (χ0n) is 19.0. The van der Waals surface area contributed by atoms with E-state index in [1.54, 1.807) is 31.4 Å². The van der Waals surface area contributed by atoms with Gasteiger partial charge in [0, 0.05) is 11.9 Å². The number of carbonyl (C=O) groups is 1. The molecule has 1 aromatic heterocycles. The molecule has 1 N–H and O–H groups in total. The highest BCUT2D eigenvalue weighted by molar-refractivity contribution is 7.90. The Morgan fingerprint density at radius 3 is 2.24 bits per heavy atom. The van der Waals surface area contributed by atoms with Crippen LogP contribution in [0.5, 0.6) is 5.75 Å². The van der Waals surface area contributed by atoms with Crippen LogP contribution in [0, 0.1) is 20.8 Å². The van der Waals surface area contributed by atoms with Crippen molar-refractivity contribution < 1.29 is 17.9 Å². The van der Waals surface area contributed by atoms with Crippen LogP contribution in [-0.2, 0) is 16.6 Å². The molecule has 0 saturated carbocycles. The van der Waals surface area contributed by atoms with E-state index in [0.717, 1.165) is 27.6 Å². The topological polar surface area (TPSA) is 77.4 Å². The summed E-state index contributed by atoms with van der Waals surface area (Å²) in [5, 5.41) is 0.740. The Balaban J connectivity index is 1.84. The zero-order chi connectivity index (χ0) is 23.8. The summed E-state index contributed by atoms with van der Waals surface area (Å²) in [6.45, 7) is 6.55. The van der Waals surface area contributed by atoms with Crippen molar-refractivity contribution in [3.63, 3.8) is 0 Å². The first-order valence-electron chi connectivity index (χ1n) is 10.6. The van der Waals surface area contributed by atoms with E-state index in [0.29, 0.717) is 12.3 Å². The fraction of sp³-hybridized carbons (Fsp3) is 0.192. The number of nitrogens with zero attached hydrogens (tertiary/aromatic N) is 1. The van der Waals surface area contributed by atoms with Crippen molar-refractivity contribution in [2.75, 3.05) is 7.11 Å². The minimum atomic E-state index is -4.02. The first-order valence-corrected chi connectivity index (χ1v) is 12.0. The highest BCUT2D eigenvalue weighted by atomic mass is 32.2. The molecule has 0 aliphatic rings. The normalized spacial score (nSPS) is 11.5. The fourth-order valence-corrected chi connectivity index (χ4v) is 5.23. The van der Waals surface area contributed by atoms with Crippen LogP contribution >= 0.6 is 0 Å². The van der Waals surface area contributed by atoms with Crippen LogP contribution < -0.4 is 9.46 Å². The maximum absolute atomic E-state index is 13.3. The van der Waals surface area contributed by atoms with Crippen LogP contribution in [0.3, 0.4) is 0 Å². The van der Waals surface area contributed by atoms with Crippen molar-refractivity contribution in [1.82, 2.24) is 9.29 Å². The molecule has 0 aliphatic carbocycles. The highest BCUT2D eigenvalue weighted by Gasteiger charge is 2.24. The summed E-state index contributed by atoms with van der Waals surface area (Å²) in [5.74, 6) is -0.0805. The Labute approximate surface area is 193 Å². The SMILES string of the molecule is COc1cccc2c1cc(C(=O)NS(=O)(=O)c1ccccc1)n2Cc1c(C)cc(C)cc1C. The van der Waals surface area contributed by atoms with E-state index in [4.69, 9.17) is 4.74 Å². The predicted octanol–water partition coefficient (Wildman–Crippen LogP) is 4.74. The first-order chi connectivity index (χ1) is 15.7. The third-order valence-electron chi connectivity index (χ3n) is 5.80. The molecule has 1 heterocycles. The number of nitrogens with one attached hydrogen (secondary N) is 1. The van der Waals surface area contributed by atoms with Gasteiger partial charge in [0.2, 0.25) is 0 Å². The number of hydrogen-bond donors (Lipinski definition) is 1. The number of benzene rings is 3. The monoisotopic (exact) mass is 462 g/mol. The van der Waals surface area contributed by atoms with Gasteiger partial charge in [-0.2, -0.15) is 0 Å². The Hall–Kier alpha value is -3.58. The van der Waals surface area contributed by atoms with Crippen LogP contribution in [0.25, 0.3) is 10.9 Å². The zero-order valence-corrected chi connectivity index (χ0v) is 19.9. The Bertz CT molecular complexity index is 1430. The van der Waals surface area contributed by atoms with Gasteiger partial charge in [-0.15, -0.1) is 0 Å². The van der Waals surface area contributed by atoms with E-state index in [2.05, 4.69) is 16.9 Å². The minimum Gasteiger partial charge on any atom is -0.496 e. The molecule has 170 valence electrons. The summed E-state index contributed by atoms with van der Waals surface area (Å²) in [4.78, 5) is 13.3. The summed E-state index contributed by atoms with van der Waals surface area (Å²) in [7, 11) is -2.45. The van der Waals surface area contributed by atoms with Crippen molar-refractivity contribution in [2.24, 2.45) is 0 Å². The number of methoxy groups -OCH3 is 1. The Morgan fingerprint density at radius 1 is 0.939 bits per heavy atom. The van der Waals surface area contributed by atoms with Gasteiger partial charge in [-0.25, -0.2) is 13.1 Å². The molecular formula is C26H26N2O4S. The van der Waals surface area contributed by atoms with Crippen LogP contribution in [0.2, 0.25) is 0 Å². The first kappa shape index (κ1) is 22.6. The number of fused-ring (bicyclic) bond motifs is 1. The molecule has 6 nitrogen and oxygen atoms in total. The third-order valence-corrected chi connectivity index (χ3v) is 7.14. The van der Waals surface area contributed by atoms with E-state index in [-0.39, 0.29) is 10.6 Å². The van der Waals surface area contributed by atoms with Crippen LogP contribution in [0.1, 0.15) is 32.7 Å². The third kappa shape index (κ3) is 4.36. The number of amides is 1. The summed E-state index contributed by atoms with van der Waals surface area (Å²) >= 11 is 0. The fourth-order valence-electron chi connectivity index (χ4n) is 4.24. The molecule has 0 aliphatic heterocycles. The van der Waals surface area contributed by atoms with E-state index in [1.165, 1.54) is 17.7 Å². The molecule has 0 atom stereocenters. The Morgan fingerprint density at radius 2 is 1.61 bits per heavy atom. The number of hydrogen-bond acceptors (Lipinski definition) is 4. The van der Waals surface area contributed by atoms with Crippen LogP contribution in [0.15, 0.2) is 71.6 Å². The molecule has 0 fully saturated rings. The average Bonchev–Trinajstić information content (AvgIpc) is 3.15. The molecule has 0 unspecified atom stereocenters. The minimum absolute atomic E-state index is 0.0313. The second-order valence-electron chi connectivity index (χ2n) is 8.13. The van der Waals surface area contributed by atoms with Gasteiger partial charge in [0.15, 0.2) is 0 Å². The number of aromatic nitrogens is 1. The van der Waals surface area contributed by atoms with E-state index in [1.807, 2.05) is 43.5 Å².